The van der Waals surface area contributed by atoms with Gasteiger partial charge in [0.25, 0.3) is 0 Å². The van der Waals surface area contributed by atoms with Gasteiger partial charge in [0.05, 0.1) is 6.07 Å². The molecule has 0 aromatic heterocycles. The Balaban J connectivity index is 2.70. The maximum absolute atomic E-state index is 9.25. The Morgan fingerprint density at radius 2 is 1.79 bits per heavy atom. The molecule has 0 aliphatic heterocycles. The zero-order chi connectivity index (χ0) is 14.5. The van der Waals surface area contributed by atoms with Crippen LogP contribution in [0.15, 0.2) is 24.3 Å². The monoisotopic (exact) mass is 259 g/mol. The summed E-state index contributed by atoms with van der Waals surface area (Å²) in [7, 11) is 4.06. The minimum absolute atomic E-state index is 0.152. The number of hydrogen-bond acceptors (Lipinski definition) is 3. The van der Waals surface area contributed by atoms with Crippen LogP contribution < -0.4 is 5.32 Å². The summed E-state index contributed by atoms with van der Waals surface area (Å²) < 4.78 is 0. The van der Waals surface area contributed by atoms with Gasteiger partial charge in [-0.2, -0.15) is 5.26 Å². The standard InChI is InChI=1S/C16H25N3/c1-16(2,3)14-8-6-13(7-9-14)15(12-17)18-10-11-19(4)5/h6-9,15,18H,10-11H2,1-5H3. The molecule has 1 rings (SSSR count). The van der Waals surface area contributed by atoms with Crippen LogP contribution in [0, 0.1) is 11.3 Å². The first kappa shape index (κ1) is 15.7. The highest BCUT2D eigenvalue weighted by Gasteiger charge is 2.15. The molecule has 1 aromatic rings. The Labute approximate surface area is 117 Å². The van der Waals surface area contributed by atoms with Crippen molar-refractivity contribution in [3.8, 4) is 6.07 Å². The Bertz CT molecular complexity index is 421. The van der Waals surface area contributed by atoms with E-state index >= 15 is 0 Å². The third-order valence-corrected chi connectivity index (χ3v) is 3.15. The molecular formula is C16H25N3. The average molecular weight is 259 g/mol. The van der Waals surface area contributed by atoms with Crippen LogP contribution in [0.4, 0.5) is 0 Å². The van der Waals surface area contributed by atoms with Crippen LogP contribution in [-0.2, 0) is 5.41 Å². The molecule has 0 radical (unpaired) electrons. The van der Waals surface area contributed by atoms with Crippen LogP contribution in [0.1, 0.15) is 37.9 Å². The molecule has 3 nitrogen and oxygen atoms in total. The van der Waals surface area contributed by atoms with Crippen molar-refractivity contribution in [3.05, 3.63) is 35.4 Å². The summed E-state index contributed by atoms with van der Waals surface area (Å²) in [6, 6.07) is 10.4. The van der Waals surface area contributed by atoms with Gasteiger partial charge in [0.1, 0.15) is 6.04 Å². The van der Waals surface area contributed by atoms with Crippen molar-refractivity contribution in [3.63, 3.8) is 0 Å². The smallest absolute Gasteiger partial charge is 0.121 e. The Kier molecular flexibility index (Phi) is 5.53. The molecule has 0 amide bonds. The lowest BCUT2D eigenvalue weighted by Crippen LogP contribution is -2.29. The Morgan fingerprint density at radius 1 is 1.21 bits per heavy atom. The number of nitrogens with one attached hydrogen (secondary N) is 1. The van der Waals surface area contributed by atoms with Crippen LogP contribution in [0.25, 0.3) is 0 Å². The van der Waals surface area contributed by atoms with Gasteiger partial charge in [-0.3, -0.25) is 5.32 Å². The van der Waals surface area contributed by atoms with E-state index in [0.717, 1.165) is 18.7 Å². The summed E-state index contributed by atoms with van der Waals surface area (Å²) in [5.41, 5.74) is 2.48. The fourth-order valence-electron chi connectivity index (χ4n) is 1.85. The van der Waals surface area contributed by atoms with Gasteiger partial charge >= 0.3 is 0 Å². The number of likely N-dealkylation sites (N-methyl/N-ethyl adjacent to an activating group) is 1. The molecule has 1 atom stereocenters. The molecule has 0 aliphatic rings. The number of nitriles is 1. The second-order valence-electron chi connectivity index (χ2n) is 6.19. The predicted molar refractivity (Wildman–Crippen MR) is 80.1 cm³/mol. The van der Waals surface area contributed by atoms with Crippen LogP contribution in [0.2, 0.25) is 0 Å². The van der Waals surface area contributed by atoms with Gasteiger partial charge in [-0.15, -0.1) is 0 Å². The lowest BCUT2D eigenvalue weighted by molar-refractivity contribution is 0.395. The van der Waals surface area contributed by atoms with Crippen molar-refractivity contribution in [2.24, 2.45) is 0 Å². The summed E-state index contributed by atoms with van der Waals surface area (Å²) in [6.45, 7) is 8.32. The normalized spacial score (nSPS) is 13.3. The lowest BCUT2D eigenvalue weighted by atomic mass is 9.86. The van der Waals surface area contributed by atoms with E-state index in [1.165, 1.54) is 5.56 Å². The van der Waals surface area contributed by atoms with E-state index in [4.69, 9.17) is 0 Å². The average Bonchev–Trinajstić information content (AvgIpc) is 2.33. The third kappa shape index (κ3) is 5.02. The molecule has 0 fully saturated rings. The van der Waals surface area contributed by atoms with Gasteiger partial charge in [-0.25, -0.2) is 0 Å². The predicted octanol–water partition coefficient (Wildman–Crippen LogP) is 2.70. The van der Waals surface area contributed by atoms with Crippen LogP contribution in [-0.4, -0.2) is 32.1 Å². The molecule has 1 N–H and O–H groups in total. The molecule has 1 unspecified atom stereocenters. The molecule has 0 saturated heterocycles. The van der Waals surface area contributed by atoms with Crippen molar-refractivity contribution >= 4 is 0 Å². The molecule has 0 heterocycles. The Morgan fingerprint density at radius 3 is 2.21 bits per heavy atom. The molecule has 104 valence electrons. The van der Waals surface area contributed by atoms with Gasteiger partial charge in [0, 0.05) is 13.1 Å². The van der Waals surface area contributed by atoms with Crippen molar-refractivity contribution in [1.82, 2.24) is 10.2 Å². The van der Waals surface area contributed by atoms with Crippen molar-refractivity contribution in [1.29, 1.82) is 5.26 Å². The molecular weight excluding hydrogens is 234 g/mol. The van der Waals surface area contributed by atoms with Crippen LogP contribution in [0.3, 0.4) is 0 Å². The molecule has 0 bridgehead atoms. The first-order chi connectivity index (χ1) is 8.84. The quantitative estimate of drug-likeness (QED) is 0.883. The number of nitrogens with zero attached hydrogens (tertiary/aromatic N) is 2. The second kappa shape index (κ2) is 6.70. The van der Waals surface area contributed by atoms with E-state index in [2.05, 4.69) is 61.3 Å². The van der Waals surface area contributed by atoms with E-state index in [-0.39, 0.29) is 11.5 Å². The van der Waals surface area contributed by atoms with Crippen LogP contribution >= 0.6 is 0 Å². The van der Waals surface area contributed by atoms with E-state index in [9.17, 15) is 5.26 Å². The van der Waals surface area contributed by atoms with Crippen molar-refractivity contribution in [2.45, 2.75) is 32.2 Å². The highest BCUT2D eigenvalue weighted by atomic mass is 15.1. The van der Waals surface area contributed by atoms with E-state index in [1.807, 2.05) is 14.1 Å². The molecule has 0 spiro atoms. The molecule has 19 heavy (non-hydrogen) atoms. The largest absolute Gasteiger partial charge is 0.308 e. The minimum Gasteiger partial charge on any atom is -0.308 e. The van der Waals surface area contributed by atoms with E-state index < -0.39 is 0 Å². The number of benzene rings is 1. The fraction of sp³-hybridized carbons (Fsp3) is 0.562. The highest BCUT2D eigenvalue weighted by molar-refractivity contribution is 5.31. The maximum Gasteiger partial charge on any atom is 0.121 e. The topological polar surface area (TPSA) is 39.1 Å². The molecule has 3 heteroatoms. The van der Waals surface area contributed by atoms with Crippen molar-refractivity contribution < 1.29 is 0 Å². The lowest BCUT2D eigenvalue weighted by Gasteiger charge is -2.20. The highest BCUT2D eigenvalue weighted by Crippen LogP contribution is 2.23. The second-order valence-corrected chi connectivity index (χ2v) is 6.19. The number of rotatable bonds is 5. The van der Waals surface area contributed by atoms with Gasteiger partial charge in [0.15, 0.2) is 0 Å². The first-order valence-electron chi connectivity index (χ1n) is 6.73. The Hall–Kier alpha value is -1.37. The van der Waals surface area contributed by atoms with Crippen LogP contribution in [0.5, 0.6) is 0 Å². The minimum atomic E-state index is -0.228. The van der Waals surface area contributed by atoms with Gasteiger partial charge in [-0.05, 0) is 30.6 Å². The first-order valence-corrected chi connectivity index (χ1v) is 6.73. The van der Waals surface area contributed by atoms with E-state index in [1.54, 1.807) is 0 Å². The maximum atomic E-state index is 9.25. The zero-order valence-electron chi connectivity index (χ0n) is 12.7. The third-order valence-electron chi connectivity index (χ3n) is 3.15. The van der Waals surface area contributed by atoms with E-state index in [0.29, 0.717) is 0 Å². The molecule has 0 aliphatic carbocycles. The SMILES string of the molecule is CN(C)CCNC(C#N)c1ccc(C(C)(C)C)cc1. The van der Waals surface area contributed by atoms with Gasteiger partial charge < -0.3 is 4.90 Å². The number of hydrogen-bond donors (Lipinski definition) is 1. The van der Waals surface area contributed by atoms with Crippen molar-refractivity contribution in [2.75, 3.05) is 27.2 Å². The fourth-order valence-corrected chi connectivity index (χ4v) is 1.85. The summed E-state index contributed by atoms with van der Waals surface area (Å²) >= 11 is 0. The van der Waals surface area contributed by atoms with Gasteiger partial charge in [-0.1, -0.05) is 45.0 Å². The summed E-state index contributed by atoms with van der Waals surface area (Å²) in [6.07, 6.45) is 0. The summed E-state index contributed by atoms with van der Waals surface area (Å²) in [5.74, 6) is 0. The van der Waals surface area contributed by atoms with Gasteiger partial charge in [0.2, 0.25) is 0 Å². The summed E-state index contributed by atoms with van der Waals surface area (Å²) in [5, 5.41) is 12.5. The molecule has 0 saturated carbocycles. The zero-order valence-corrected chi connectivity index (χ0v) is 12.7. The summed E-state index contributed by atoms with van der Waals surface area (Å²) in [4.78, 5) is 2.10. The molecule has 1 aromatic carbocycles.